The van der Waals surface area contributed by atoms with Gasteiger partial charge in [0, 0.05) is 46.4 Å². The second-order valence-corrected chi connectivity index (χ2v) is 9.67. The average Bonchev–Trinajstić information content (AvgIpc) is 3.58. The zero-order chi connectivity index (χ0) is 24.8. The Balaban J connectivity index is 1.62. The first-order valence-electron chi connectivity index (χ1n) is 11.8. The summed E-state index contributed by atoms with van der Waals surface area (Å²) in [6, 6.07) is 10.3. The molecule has 1 N–H and O–H groups in total. The Morgan fingerprint density at radius 1 is 1.14 bits per heavy atom. The number of amides is 3. The summed E-state index contributed by atoms with van der Waals surface area (Å²) in [5, 5.41) is 5.12. The van der Waals surface area contributed by atoms with Crippen molar-refractivity contribution in [3.8, 4) is 5.75 Å². The van der Waals surface area contributed by atoms with E-state index in [0.29, 0.717) is 36.7 Å². The number of nitrogens with one attached hydrogen (secondary N) is 1. The molecule has 0 aliphatic carbocycles. The van der Waals surface area contributed by atoms with Crippen molar-refractivity contribution in [2.45, 2.75) is 25.0 Å². The van der Waals surface area contributed by atoms with Gasteiger partial charge in [0.15, 0.2) is 0 Å². The standard InChI is InChI=1S/C25H32N4O5S/c1-33-17-23(30)29-16-19(14-21(29)24(31)27-10-8-26-9-11-27)28(25(32)22-7-4-12-35-22)15-18-5-3-6-20(13-18)34-2/h3-7,12-13,19,21,26H,8-11,14-17H2,1-2H3. The molecule has 2 saturated heterocycles. The van der Waals surface area contributed by atoms with Gasteiger partial charge in [0.1, 0.15) is 18.4 Å². The fourth-order valence-electron chi connectivity index (χ4n) is 4.73. The Bertz CT molecular complexity index is 1020. The van der Waals surface area contributed by atoms with Crippen molar-refractivity contribution in [2.75, 3.05) is 53.6 Å². The molecular weight excluding hydrogens is 468 g/mol. The molecule has 0 saturated carbocycles. The zero-order valence-corrected chi connectivity index (χ0v) is 21.0. The van der Waals surface area contributed by atoms with E-state index >= 15 is 0 Å². The van der Waals surface area contributed by atoms with Crippen LogP contribution in [-0.2, 0) is 20.9 Å². The fourth-order valence-corrected chi connectivity index (χ4v) is 5.41. The third kappa shape index (κ3) is 5.83. The van der Waals surface area contributed by atoms with Gasteiger partial charge in [-0.1, -0.05) is 18.2 Å². The summed E-state index contributed by atoms with van der Waals surface area (Å²) in [7, 11) is 3.07. The number of ether oxygens (including phenoxy) is 2. The van der Waals surface area contributed by atoms with E-state index in [1.165, 1.54) is 18.4 Å². The number of carbonyl (C=O) groups is 3. The van der Waals surface area contributed by atoms with Gasteiger partial charge in [0.2, 0.25) is 11.8 Å². The summed E-state index contributed by atoms with van der Waals surface area (Å²) >= 11 is 1.38. The summed E-state index contributed by atoms with van der Waals surface area (Å²) in [4.78, 5) is 45.9. The maximum absolute atomic E-state index is 13.6. The third-order valence-corrected chi connectivity index (χ3v) is 7.36. The van der Waals surface area contributed by atoms with Crippen molar-refractivity contribution < 1.29 is 23.9 Å². The van der Waals surface area contributed by atoms with Gasteiger partial charge in [0.05, 0.1) is 18.0 Å². The smallest absolute Gasteiger partial charge is 0.264 e. The summed E-state index contributed by atoms with van der Waals surface area (Å²) in [6.45, 7) is 3.19. The molecule has 9 nitrogen and oxygen atoms in total. The number of thiophene rings is 1. The van der Waals surface area contributed by atoms with Gasteiger partial charge < -0.3 is 29.5 Å². The highest BCUT2D eigenvalue weighted by Crippen LogP contribution is 2.28. The Hall–Kier alpha value is -2.95. The Kier molecular flexibility index (Phi) is 8.37. The van der Waals surface area contributed by atoms with Crippen LogP contribution in [0.4, 0.5) is 0 Å². The Labute approximate surface area is 209 Å². The molecule has 0 bridgehead atoms. The lowest BCUT2D eigenvalue weighted by Gasteiger charge is -2.32. The minimum Gasteiger partial charge on any atom is -0.497 e. The first-order valence-corrected chi connectivity index (χ1v) is 12.6. The number of hydrogen-bond donors (Lipinski definition) is 1. The van der Waals surface area contributed by atoms with E-state index in [1.807, 2.05) is 40.6 Å². The molecule has 0 radical (unpaired) electrons. The lowest BCUT2D eigenvalue weighted by atomic mass is 10.1. The van der Waals surface area contributed by atoms with Crippen molar-refractivity contribution >= 4 is 29.1 Å². The van der Waals surface area contributed by atoms with Gasteiger partial charge in [-0.3, -0.25) is 14.4 Å². The van der Waals surface area contributed by atoms with Gasteiger partial charge in [-0.2, -0.15) is 0 Å². The molecular formula is C25H32N4O5S. The van der Waals surface area contributed by atoms with Crippen LogP contribution in [0.25, 0.3) is 0 Å². The van der Waals surface area contributed by atoms with Gasteiger partial charge in [-0.05, 0) is 35.6 Å². The van der Waals surface area contributed by atoms with Crippen LogP contribution in [-0.4, -0.2) is 98.1 Å². The number of benzene rings is 1. The van der Waals surface area contributed by atoms with Crippen LogP contribution in [0.3, 0.4) is 0 Å². The summed E-state index contributed by atoms with van der Waals surface area (Å²) in [6.07, 6.45) is 0.388. The van der Waals surface area contributed by atoms with Gasteiger partial charge in [-0.25, -0.2) is 0 Å². The molecule has 1 aromatic heterocycles. The highest BCUT2D eigenvalue weighted by molar-refractivity contribution is 7.12. The van der Waals surface area contributed by atoms with E-state index in [-0.39, 0.29) is 36.9 Å². The van der Waals surface area contributed by atoms with Crippen LogP contribution < -0.4 is 10.1 Å². The topological polar surface area (TPSA) is 91.4 Å². The maximum Gasteiger partial charge on any atom is 0.264 e. The zero-order valence-electron chi connectivity index (χ0n) is 20.1. The largest absolute Gasteiger partial charge is 0.497 e. The van der Waals surface area contributed by atoms with Crippen LogP contribution in [0.1, 0.15) is 21.7 Å². The van der Waals surface area contributed by atoms with Gasteiger partial charge >= 0.3 is 0 Å². The summed E-state index contributed by atoms with van der Waals surface area (Å²) < 4.78 is 10.5. The number of carbonyl (C=O) groups excluding carboxylic acids is 3. The van der Waals surface area contributed by atoms with E-state index in [2.05, 4.69) is 5.32 Å². The number of piperazine rings is 1. The predicted octanol–water partition coefficient (Wildman–Crippen LogP) is 1.45. The quantitative estimate of drug-likeness (QED) is 0.590. The first-order chi connectivity index (χ1) is 17.0. The maximum atomic E-state index is 13.6. The normalized spacial score (nSPS) is 20.1. The van der Waals surface area contributed by atoms with Gasteiger partial charge in [0.25, 0.3) is 5.91 Å². The number of nitrogens with zero attached hydrogens (tertiary/aromatic N) is 3. The van der Waals surface area contributed by atoms with E-state index in [4.69, 9.17) is 9.47 Å². The van der Waals surface area contributed by atoms with Crippen LogP contribution in [0.15, 0.2) is 41.8 Å². The van der Waals surface area contributed by atoms with Crippen molar-refractivity contribution in [1.82, 2.24) is 20.0 Å². The molecule has 3 amide bonds. The lowest BCUT2D eigenvalue weighted by Crippen LogP contribution is -2.53. The molecule has 0 spiro atoms. The van der Waals surface area contributed by atoms with Crippen molar-refractivity contribution in [3.63, 3.8) is 0 Å². The van der Waals surface area contributed by atoms with E-state index < -0.39 is 6.04 Å². The predicted molar refractivity (Wildman–Crippen MR) is 132 cm³/mol. The van der Waals surface area contributed by atoms with E-state index in [0.717, 1.165) is 18.7 Å². The van der Waals surface area contributed by atoms with Crippen LogP contribution in [0.2, 0.25) is 0 Å². The SMILES string of the molecule is COCC(=O)N1CC(N(Cc2cccc(OC)c2)C(=O)c2cccs2)CC1C(=O)N1CCNCC1. The van der Waals surface area contributed by atoms with E-state index in [1.54, 1.807) is 23.0 Å². The Morgan fingerprint density at radius 3 is 2.63 bits per heavy atom. The van der Waals surface area contributed by atoms with Crippen LogP contribution in [0.5, 0.6) is 5.75 Å². The molecule has 35 heavy (non-hydrogen) atoms. The number of hydrogen-bond acceptors (Lipinski definition) is 7. The molecule has 3 heterocycles. The average molecular weight is 501 g/mol. The minimum atomic E-state index is -0.621. The minimum absolute atomic E-state index is 0.0663. The molecule has 188 valence electrons. The highest BCUT2D eigenvalue weighted by atomic mass is 32.1. The van der Waals surface area contributed by atoms with Crippen molar-refractivity contribution in [2.24, 2.45) is 0 Å². The number of methoxy groups -OCH3 is 2. The molecule has 2 aliphatic heterocycles. The molecule has 2 aliphatic rings. The summed E-state index contributed by atoms with van der Waals surface area (Å²) in [5.74, 6) is 0.292. The van der Waals surface area contributed by atoms with Gasteiger partial charge in [-0.15, -0.1) is 11.3 Å². The molecule has 1 aromatic carbocycles. The monoisotopic (exact) mass is 500 g/mol. The Morgan fingerprint density at radius 2 is 1.94 bits per heavy atom. The molecule has 4 rings (SSSR count). The van der Waals surface area contributed by atoms with Crippen molar-refractivity contribution in [3.05, 3.63) is 52.2 Å². The third-order valence-electron chi connectivity index (χ3n) is 6.50. The molecule has 2 aromatic rings. The second kappa shape index (κ2) is 11.7. The lowest BCUT2D eigenvalue weighted by molar-refractivity contribution is -0.146. The highest BCUT2D eigenvalue weighted by Gasteiger charge is 2.44. The first kappa shape index (κ1) is 25.2. The number of likely N-dealkylation sites (tertiary alicyclic amines) is 1. The molecule has 2 unspecified atom stereocenters. The van der Waals surface area contributed by atoms with E-state index in [9.17, 15) is 14.4 Å². The van der Waals surface area contributed by atoms with Crippen LogP contribution >= 0.6 is 11.3 Å². The fraction of sp³-hybridized carbons (Fsp3) is 0.480. The van der Waals surface area contributed by atoms with Crippen molar-refractivity contribution in [1.29, 1.82) is 0 Å². The molecule has 10 heteroatoms. The van der Waals surface area contributed by atoms with Crippen LogP contribution in [0, 0.1) is 0 Å². The second-order valence-electron chi connectivity index (χ2n) is 8.72. The molecule has 2 fully saturated rings. The summed E-state index contributed by atoms with van der Waals surface area (Å²) in [5.41, 5.74) is 0.918. The number of rotatable bonds is 8. The molecule has 2 atom stereocenters.